The summed E-state index contributed by atoms with van der Waals surface area (Å²) in [4.78, 5) is 33.9. The second-order valence-electron chi connectivity index (χ2n) is 6.26. The lowest BCUT2D eigenvalue weighted by Crippen LogP contribution is -2.41. The van der Waals surface area contributed by atoms with Gasteiger partial charge >= 0.3 is 0 Å². The molecule has 0 spiro atoms. The monoisotopic (exact) mass is 369 g/mol. The first-order valence-corrected chi connectivity index (χ1v) is 8.92. The summed E-state index contributed by atoms with van der Waals surface area (Å²) in [5.41, 5.74) is 0.534. The Hall–Kier alpha value is -3.16. The molecule has 2 N–H and O–H groups in total. The Bertz CT molecular complexity index is 759. The fourth-order valence-corrected chi connectivity index (χ4v) is 2.85. The number of piperidine rings is 1. The number of aromatic nitrogens is 2. The minimum Gasteiger partial charge on any atom is -0.489 e. The van der Waals surface area contributed by atoms with Crippen molar-refractivity contribution < 1.29 is 14.3 Å². The van der Waals surface area contributed by atoms with Crippen LogP contribution >= 0.6 is 0 Å². The van der Waals surface area contributed by atoms with Gasteiger partial charge in [-0.15, -0.1) is 0 Å². The average Bonchev–Trinajstić information content (AvgIpc) is 2.73. The smallest absolute Gasteiger partial charge is 0.255 e. The predicted octanol–water partition coefficient (Wildman–Crippen LogP) is 1.32. The van der Waals surface area contributed by atoms with Crippen LogP contribution in [0.2, 0.25) is 0 Å². The van der Waals surface area contributed by atoms with E-state index in [4.69, 9.17) is 4.74 Å². The van der Waals surface area contributed by atoms with E-state index < -0.39 is 0 Å². The lowest BCUT2D eigenvalue weighted by Gasteiger charge is -2.32. The van der Waals surface area contributed by atoms with Gasteiger partial charge in [0, 0.05) is 45.4 Å². The lowest BCUT2D eigenvalue weighted by molar-refractivity contribution is -0.118. The second-order valence-corrected chi connectivity index (χ2v) is 6.26. The maximum Gasteiger partial charge on any atom is 0.255 e. The van der Waals surface area contributed by atoms with Gasteiger partial charge in [0.25, 0.3) is 5.91 Å². The number of anilines is 1. The van der Waals surface area contributed by atoms with Crippen LogP contribution in [-0.4, -0.2) is 59.5 Å². The molecule has 0 atom stereocenters. The summed E-state index contributed by atoms with van der Waals surface area (Å²) in [7, 11) is 1.57. The van der Waals surface area contributed by atoms with Crippen LogP contribution in [0, 0.1) is 0 Å². The number of ether oxygens (including phenoxy) is 1. The van der Waals surface area contributed by atoms with Crippen LogP contribution in [-0.2, 0) is 4.79 Å². The number of hydrogen-bond acceptors (Lipinski definition) is 6. The summed E-state index contributed by atoms with van der Waals surface area (Å²) >= 11 is 0. The number of amides is 2. The summed E-state index contributed by atoms with van der Waals surface area (Å²) in [6, 6.07) is 7.15. The topological polar surface area (TPSA) is 96.5 Å². The SMILES string of the molecule is CNC(=O)CNc1ccc(C(=O)N2CCC(Oc3cccnc3)CC2)cn1. The Balaban J connectivity index is 1.49. The van der Waals surface area contributed by atoms with E-state index in [0.29, 0.717) is 24.5 Å². The van der Waals surface area contributed by atoms with Crippen LogP contribution in [0.1, 0.15) is 23.2 Å². The van der Waals surface area contributed by atoms with Crippen molar-refractivity contribution in [3.8, 4) is 5.75 Å². The average molecular weight is 369 g/mol. The van der Waals surface area contributed by atoms with Gasteiger partial charge in [-0.1, -0.05) is 0 Å². The molecule has 2 aromatic heterocycles. The molecule has 3 heterocycles. The van der Waals surface area contributed by atoms with Gasteiger partial charge in [0.15, 0.2) is 0 Å². The first-order chi connectivity index (χ1) is 13.2. The molecule has 1 fully saturated rings. The molecular weight excluding hydrogens is 346 g/mol. The van der Waals surface area contributed by atoms with Gasteiger partial charge in [-0.3, -0.25) is 14.6 Å². The quantitative estimate of drug-likeness (QED) is 0.797. The van der Waals surface area contributed by atoms with E-state index in [0.717, 1.165) is 18.6 Å². The highest BCUT2D eigenvalue weighted by molar-refractivity contribution is 5.94. The third kappa shape index (κ3) is 5.16. The Morgan fingerprint density at radius 2 is 2.04 bits per heavy atom. The summed E-state index contributed by atoms with van der Waals surface area (Å²) in [5, 5.41) is 5.42. The molecule has 8 nitrogen and oxygen atoms in total. The van der Waals surface area contributed by atoms with E-state index in [2.05, 4.69) is 20.6 Å². The Kier molecular flexibility index (Phi) is 6.19. The molecule has 8 heteroatoms. The van der Waals surface area contributed by atoms with E-state index in [1.165, 1.54) is 6.20 Å². The zero-order chi connectivity index (χ0) is 19.1. The number of rotatable bonds is 6. The zero-order valence-corrected chi connectivity index (χ0v) is 15.2. The number of hydrogen-bond donors (Lipinski definition) is 2. The fraction of sp³-hybridized carbons (Fsp3) is 0.368. The second kappa shape index (κ2) is 8.98. The number of nitrogens with one attached hydrogen (secondary N) is 2. The van der Waals surface area contributed by atoms with E-state index in [1.54, 1.807) is 31.6 Å². The largest absolute Gasteiger partial charge is 0.489 e. The van der Waals surface area contributed by atoms with Gasteiger partial charge in [-0.2, -0.15) is 0 Å². The maximum atomic E-state index is 12.6. The van der Waals surface area contributed by atoms with Crippen molar-refractivity contribution in [1.82, 2.24) is 20.2 Å². The van der Waals surface area contributed by atoms with Crippen molar-refractivity contribution in [2.24, 2.45) is 0 Å². The van der Waals surface area contributed by atoms with Crippen LogP contribution in [0.15, 0.2) is 42.9 Å². The number of pyridine rings is 2. The third-order valence-corrected chi connectivity index (χ3v) is 4.39. The van der Waals surface area contributed by atoms with Crippen molar-refractivity contribution in [2.75, 3.05) is 32.0 Å². The first-order valence-electron chi connectivity index (χ1n) is 8.92. The van der Waals surface area contributed by atoms with Crippen LogP contribution in [0.25, 0.3) is 0 Å². The summed E-state index contributed by atoms with van der Waals surface area (Å²) < 4.78 is 5.91. The van der Waals surface area contributed by atoms with Crippen molar-refractivity contribution in [3.63, 3.8) is 0 Å². The van der Waals surface area contributed by atoms with Gasteiger partial charge in [-0.05, 0) is 24.3 Å². The van der Waals surface area contributed by atoms with Crippen LogP contribution in [0.4, 0.5) is 5.82 Å². The Morgan fingerprint density at radius 1 is 1.22 bits per heavy atom. The number of likely N-dealkylation sites (tertiary alicyclic amines) is 1. The molecule has 0 aromatic carbocycles. The van der Waals surface area contributed by atoms with E-state index in [1.807, 2.05) is 17.0 Å². The van der Waals surface area contributed by atoms with E-state index in [9.17, 15) is 9.59 Å². The van der Waals surface area contributed by atoms with Crippen LogP contribution in [0.5, 0.6) is 5.75 Å². The molecule has 0 saturated carbocycles. The number of carbonyl (C=O) groups is 2. The predicted molar refractivity (Wildman–Crippen MR) is 101 cm³/mol. The molecule has 1 aliphatic heterocycles. The first kappa shape index (κ1) is 18.6. The van der Waals surface area contributed by atoms with Gasteiger partial charge in [-0.25, -0.2) is 4.98 Å². The Morgan fingerprint density at radius 3 is 2.67 bits per heavy atom. The zero-order valence-electron chi connectivity index (χ0n) is 15.2. The highest BCUT2D eigenvalue weighted by Crippen LogP contribution is 2.19. The van der Waals surface area contributed by atoms with Gasteiger partial charge < -0.3 is 20.3 Å². The normalized spacial score (nSPS) is 14.5. The number of carbonyl (C=O) groups excluding carboxylic acids is 2. The molecule has 0 aliphatic carbocycles. The van der Waals surface area contributed by atoms with Gasteiger partial charge in [0.05, 0.1) is 18.3 Å². The van der Waals surface area contributed by atoms with Crippen molar-refractivity contribution >= 4 is 17.6 Å². The molecule has 142 valence electrons. The third-order valence-electron chi connectivity index (χ3n) is 4.39. The van der Waals surface area contributed by atoms with Gasteiger partial charge in [0.2, 0.25) is 5.91 Å². The number of nitrogens with zero attached hydrogens (tertiary/aromatic N) is 3. The van der Waals surface area contributed by atoms with Crippen LogP contribution in [0.3, 0.4) is 0 Å². The fourth-order valence-electron chi connectivity index (χ4n) is 2.85. The molecule has 1 saturated heterocycles. The molecule has 3 rings (SSSR count). The van der Waals surface area contributed by atoms with Crippen molar-refractivity contribution in [3.05, 3.63) is 48.4 Å². The van der Waals surface area contributed by atoms with Gasteiger partial charge in [0.1, 0.15) is 17.7 Å². The molecule has 0 bridgehead atoms. The molecule has 2 aromatic rings. The standard InChI is InChI=1S/C19H23N5O3/c1-20-18(25)13-23-17-5-4-14(11-22-17)19(26)24-9-6-15(7-10-24)27-16-3-2-8-21-12-16/h2-5,8,11-12,15H,6-7,9-10,13H2,1H3,(H,20,25)(H,22,23). The molecule has 1 aliphatic rings. The minimum atomic E-state index is -0.131. The summed E-state index contributed by atoms with van der Waals surface area (Å²) in [6.45, 7) is 1.42. The molecule has 27 heavy (non-hydrogen) atoms. The van der Waals surface area contributed by atoms with Crippen molar-refractivity contribution in [1.29, 1.82) is 0 Å². The number of likely N-dealkylation sites (N-methyl/N-ethyl adjacent to an activating group) is 1. The Labute approximate surface area is 158 Å². The van der Waals surface area contributed by atoms with E-state index in [-0.39, 0.29) is 24.5 Å². The summed E-state index contributed by atoms with van der Waals surface area (Å²) in [5.74, 6) is 1.14. The van der Waals surface area contributed by atoms with E-state index >= 15 is 0 Å². The molecule has 0 unspecified atom stereocenters. The van der Waals surface area contributed by atoms with Crippen LogP contribution < -0.4 is 15.4 Å². The van der Waals surface area contributed by atoms with Crippen molar-refractivity contribution in [2.45, 2.75) is 18.9 Å². The maximum absolute atomic E-state index is 12.6. The molecule has 0 radical (unpaired) electrons. The summed E-state index contributed by atoms with van der Waals surface area (Å²) in [6.07, 6.45) is 6.59. The molecule has 2 amide bonds. The minimum absolute atomic E-state index is 0.0415. The molecular formula is C19H23N5O3. The lowest BCUT2D eigenvalue weighted by atomic mass is 10.1. The highest BCUT2D eigenvalue weighted by atomic mass is 16.5. The highest BCUT2D eigenvalue weighted by Gasteiger charge is 2.25.